The Hall–Kier alpha value is -1.44. The molecule has 0 radical (unpaired) electrons. The fourth-order valence-electron chi connectivity index (χ4n) is 3.37. The Balaban J connectivity index is 1.94. The van der Waals surface area contributed by atoms with Gasteiger partial charge in [0.05, 0.1) is 0 Å². The molecular formula is C21H34N2. The minimum absolute atomic E-state index is 0.402. The van der Waals surface area contributed by atoms with Crippen LogP contribution in [-0.4, -0.2) is 22.9 Å². The molecule has 0 atom stereocenters. The van der Waals surface area contributed by atoms with Gasteiger partial charge in [-0.05, 0) is 18.4 Å². The van der Waals surface area contributed by atoms with Gasteiger partial charge in [0.25, 0.3) is 0 Å². The van der Waals surface area contributed by atoms with E-state index in [0.29, 0.717) is 6.17 Å². The van der Waals surface area contributed by atoms with E-state index < -0.39 is 0 Å². The Labute approximate surface area is 143 Å². The number of rotatable bonds is 11. The van der Waals surface area contributed by atoms with Gasteiger partial charge < -0.3 is 9.80 Å². The second-order valence-corrected chi connectivity index (χ2v) is 6.68. The van der Waals surface area contributed by atoms with E-state index in [1.165, 1.54) is 70.0 Å². The third-order valence-corrected chi connectivity index (χ3v) is 4.72. The summed E-state index contributed by atoms with van der Waals surface area (Å²) < 4.78 is 0. The highest BCUT2D eigenvalue weighted by molar-refractivity contribution is 5.21. The average molecular weight is 315 g/mol. The lowest BCUT2D eigenvalue weighted by Gasteiger charge is -2.33. The summed E-state index contributed by atoms with van der Waals surface area (Å²) in [5.74, 6) is 0. The zero-order valence-electron chi connectivity index (χ0n) is 15.1. The topological polar surface area (TPSA) is 6.48 Å². The van der Waals surface area contributed by atoms with Gasteiger partial charge in [-0.25, -0.2) is 0 Å². The lowest BCUT2D eigenvalue weighted by atomic mass is 10.1. The molecule has 0 saturated heterocycles. The first-order valence-corrected chi connectivity index (χ1v) is 9.61. The van der Waals surface area contributed by atoms with Crippen molar-refractivity contribution in [2.24, 2.45) is 0 Å². The SMILES string of the molecule is CCCCCCN1C=CN(CCCCCC)C1c1ccccc1. The summed E-state index contributed by atoms with van der Waals surface area (Å²) >= 11 is 0. The van der Waals surface area contributed by atoms with Crippen molar-refractivity contribution in [3.63, 3.8) is 0 Å². The fraction of sp³-hybridized carbons (Fsp3) is 0.619. The van der Waals surface area contributed by atoms with Crippen molar-refractivity contribution >= 4 is 0 Å². The molecule has 0 aliphatic carbocycles. The molecule has 0 bridgehead atoms. The van der Waals surface area contributed by atoms with Crippen molar-refractivity contribution in [2.75, 3.05) is 13.1 Å². The third-order valence-electron chi connectivity index (χ3n) is 4.72. The van der Waals surface area contributed by atoms with Gasteiger partial charge in [-0.1, -0.05) is 82.7 Å². The van der Waals surface area contributed by atoms with Gasteiger partial charge in [0.1, 0.15) is 6.17 Å². The highest BCUT2D eigenvalue weighted by Gasteiger charge is 2.26. The first-order valence-electron chi connectivity index (χ1n) is 9.61. The summed E-state index contributed by atoms with van der Waals surface area (Å²) in [5, 5.41) is 0. The Morgan fingerprint density at radius 3 is 1.70 bits per heavy atom. The van der Waals surface area contributed by atoms with E-state index in [1.807, 2.05) is 0 Å². The van der Waals surface area contributed by atoms with Crippen LogP contribution in [0, 0.1) is 0 Å². The molecular weight excluding hydrogens is 280 g/mol. The zero-order valence-corrected chi connectivity index (χ0v) is 15.1. The van der Waals surface area contributed by atoms with Crippen LogP contribution >= 0.6 is 0 Å². The molecule has 0 N–H and O–H groups in total. The summed E-state index contributed by atoms with van der Waals surface area (Å²) in [6, 6.07) is 11.0. The molecule has 2 rings (SSSR count). The molecule has 0 spiro atoms. The molecule has 1 aliphatic rings. The monoisotopic (exact) mass is 314 g/mol. The maximum atomic E-state index is 2.53. The molecule has 0 fully saturated rings. The first kappa shape index (κ1) is 17.9. The summed E-state index contributed by atoms with van der Waals surface area (Å²) in [6.07, 6.45) is 15.6. The molecule has 0 unspecified atom stereocenters. The predicted molar refractivity (Wildman–Crippen MR) is 100 cm³/mol. The van der Waals surface area contributed by atoms with E-state index in [-0.39, 0.29) is 0 Å². The molecule has 1 aromatic rings. The second kappa shape index (κ2) is 10.4. The van der Waals surface area contributed by atoms with Crippen LogP contribution in [-0.2, 0) is 0 Å². The molecule has 2 nitrogen and oxygen atoms in total. The average Bonchev–Trinajstić information content (AvgIpc) is 2.99. The van der Waals surface area contributed by atoms with E-state index in [0.717, 1.165) is 0 Å². The van der Waals surface area contributed by atoms with Gasteiger partial charge in [0, 0.05) is 25.5 Å². The third kappa shape index (κ3) is 5.60. The van der Waals surface area contributed by atoms with Gasteiger partial charge in [-0.2, -0.15) is 0 Å². The van der Waals surface area contributed by atoms with Crippen molar-refractivity contribution in [1.82, 2.24) is 9.80 Å². The summed E-state index contributed by atoms with van der Waals surface area (Å²) in [4.78, 5) is 5.07. The van der Waals surface area contributed by atoms with Crippen molar-refractivity contribution in [3.05, 3.63) is 48.3 Å². The Bertz CT molecular complexity index is 418. The van der Waals surface area contributed by atoms with Crippen LogP contribution in [0.25, 0.3) is 0 Å². The highest BCUT2D eigenvalue weighted by atomic mass is 15.4. The van der Waals surface area contributed by atoms with Gasteiger partial charge >= 0.3 is 0 Å². The number of nitrogens with zero attached hydrogens (tertiary/aromatic N) is 2. The molecule has 1 heterocycles. The van der Waals surface area contributed by atoms with Gasteiger partial charge in [0.15, 0.2) is 0 Å². The minimum Gasteiger partial charge on any atom is -0.352 e. The lowest BCUT2D eigenvalue weighted by Crippen LogP contribution is -2.32. The van der Waals surface area contributed by atoms with Crippen LogP contribution in [0.4, 0.5) is 0 Å². The van der Waals surface area contributed by atoms with Crippen LogP contribution in [0.15, 0.2) is 42.7 Å². The zero-order chi connectivity index (χ0) is 16.3. The molecule has 1 aromatic carbocycles. The van der Waals surface area contributed by atoms with Gasteiger partial charge in [-0.15, -0.1) is 0 Å². The normalized spacial score (nSPS) is 14.9. The van der Waals surface area contributed by atoms with Crippen molar-refractivity contribution in [1.29, 1.82) is 0 Å². The largest absolute Gasteiger partial charge is 0.352 e. The van der Waals surface area contributed by atoms with Gasteiger partial charge in [0.2, 0.25) is 0 Å². The Morgan fingerprint density at radius 1 is 0.696 bits per heavy atom. The molecule has 128 valence electrons. The van der Waals surface area contributed by atoms with Crippen molar-refractivity contribution in [3.8, 4) is 0 Å². The molecule has 0 aromatic heterocycles. The van der Waals surface area contributed by atoms with E-state index in [4.69, 9.17) is 0 Å². The summed E-state index contributed by atoms with van der Waals surface area (Å²) in [6.45, 7) is 6.89. The minimum atomic E-state index is 0.402. The van der Waals surface area contributed by atoms with Crippen LogP contribution in [0.2, 0.25) is 0 Å². The van der Waals surface area contributed by atoms with Crippen LogP contribution < -0.4 is 0 Å². The fourth-order valence-corrected chi connectivity index (χ4v) is 3.37. The lowest BCUT2D eigenvalue weighted by molar-refractivity contribution is 0.150. The second-order valence-electron chi connectivity index (χ2n) is 6.68. The van der Waals surface area contributed by atoms with E-state index in [1.54, 1.807) is 0 Å². The van der Waals surface area contributed by atoms with E-state index >= 15 is 0 Å². The van der Waals surface area contributed by atoms with Crippen LogP contribution in [0.5, 0.6) is 0 Å². The van der Waals surface area contributed by atoms with Crippen molar-refractivity contribution in [2.45, 2.75) is 71.4 Å². The number of hydrogen-bond acceptors (Lipinski definition) is 2. The molecule has 1 aliphatic heterocycles. The summed E-state index contributed by atoms with van der Waals surface area (Å²) in [5.41, 5.74) is 1.42. The highest BCUT2D eigenvalue weighted by Crippen LogP contribution is 2.31. The summed E-state index contributed by atoms with van der Waals surface area (Å²) in [7, 11) is 0. The smallest absolute Gasteiger partial charge is 0.127 e. The number of hydrogen-bond donors (Lipinski definition) is 0. The van der Waals surface area contributed by atoms with E-state index in [9.17, 15) is 0 Å². The molecule has 2 heteroatoms. The quantitative estimate of drug-likeness (QED) is 0.467. The van der Waals surface area contributed by atoms with E-state index in [2.05, 4.69) is 66.4 Å². The van der Waals surface area contributed by atoms with Crippen LogP contribution in [0.1, 0.15) is 76.9 Å². The van der Waals surface area contributed by atoms with Gasteiger partial charge in [-0.3, -0.25) is 0 Å². The Morgan fingerprint density at radius 2 is 1.22 bits per heavy atom. The number of benzene rings is 1. The number of unbranched alkanes of at least 4 members (excludes halogenated alkanes) is 6. The molecule has 0 amide bonds. The van der Waals surface area contributed by atoms with Crippen LogP contribution in [0.3, 0.4) is 0 Å². The van der Waals surface area contributed by atoms with Crippen molar-refractivity contribution < 1.29 is 0 Å². The predicted octanol–water partition coefficient (Wildman–Crippen LogP) is 5.93. The maximum absolute atomic E-state index is 2.53. The standard InChI is InChI=1S/C21H34N2/c1-3-5-7-12-16-22-18-19-23(17-13-8-6-4-2)21(22)20-14-10-9-11-15-20/h9-11,14-15,18-19,21H,3-8,12-13,16-17H2,1-2H3. The first-order chi connectivity index (χ1) is 11.4. The molecule has 0 saturated carbocycles. The molecule has 23 heavy (non-hydrogen) atoms. The Kier molecular flexibility index (Phi) is 8.06. The maximum Gasteiger partial charge on any atom is 0.127 e.